The third-order valence-electron chi connectivity index (χ3n) is 3.69. The van der Waals surface area contributed by atoms with Crippen molar-refractivity contribution in [2.75, 3.05) is 14.2 Å². The number of amides is 1. The molecule has 1 N–H and O–H groups in total. The van der Waals surface area contributed by atoms with Crippen LogP contribution in [-0.2, 0) is 0 Å². The van der Waals surface area contributed by atoms with Crippen molar-refractivity contribution in [3.8, 4) is 11.5 Å². The molecule has 0 radical (unpaired) electrons. The fourth-order valence-electron chi connectivity index (χ4n) is 2.28. The molecule has 0 heterocycles. The summed E-state index contributed by atoms with van der Waals surface area (Å²) in [4.78, 5) is 12.3. The Kier molecular flexibility index (Phi) is 5.21. The fourth-order valence-corrected chi connectivity index (χ4v) is 2.28. The summed E-state index contributed by atoms with van der Waals surface area (Å²) in [6, 6.07) is 9.53. The molecule has 2 rings (SSSR count). The second-order valence-corrected chi connectivity index (χ2v) is 5.27. The number of carbonyl (C=O) groups is 1. The van der Waals surface area contributed by atoms with Crippen LogP contribution in [0.25, 0.3) is 0 Å². The van der Waals surface area contributed by atoms with E-state index < -0.39 is 5.82 Å². The van der Waals surface area contributed by atoms with Gasteiger partial charge in [0.15, 0.2) is 11.6 Å². The molecule has 2 aromatic carbocycles. The highest BCUT2D eigenvalue weighted by Crippen LogP contribution is 2.23. The number of carbonyl (C=O) groups excluding carboxylic acids is 1. The topological polar surface area (TPSA) is 47.6 Å². The Hall–Kier alpha value is -2.56. The van der Waals surface area contributed by atoms with Crippen molar-refractivity contribution in [1.29, 1.82) is 0 Å². The van der Waals surface area contributed by atoms with Gasteiger partial charge < -0.3 is 14.8 Å². The zero-order valence-corrected chi connectivity index (χ0v) is 13.6. The molecule has 0 aliphatic rings. The summed E-state index contributed by atoms with van der Waals surface area (Å²) in [6.07, 6.45) is 0. The van der Waals surface area contributed by atoms with Crippen molar-refractivity contribution in [3.05, 3.63) is 58.9 Å². The minimum Gasteiger partial charge on any atom is -0.496 e. The number of halogens is 1. The molecule has 1 unspecified atom stereocenters. The number of methoxy groups -OCH3 is 2. The van der Waals surface area contributed by atoms with Crippen LogP contribution >= 0.6 is 0 Å². The van der Waals surface area contributed by atoms with E-state index >= 15 is 0 Å². The third kappa shape index (κ3) is 3.80. The molecular weight excluding hydrogens is 297 g/mol. The Balaban J connectivity index is 2.14. The summed E-state index contributed by atoms with van der Waals surface area (Å²) in [7, 11) is 2.97. The highest BCUT2D eigenvalue weighted by Gasteiger charge is 2.14. The van der Waals surface area contributed by atoms with Crippen LogP contribution in [0.3, 0.4) is 0 Å². The van der Waals surface area contributed by atoms with Crippen LogP contribution in [0.15, 0.2) is 36.4 Å². The van der Waals surface area contributed by atoms with Crippen LogP contribution in [-0.4, -0.2) is 20.1 Å². The number of hydrogen-bond acceptors (Lipinski definition) is 3. The van der Waals surface area contributed by atoms with E-state index in [1.165, 1.54) is 13.2 Å². The third-order valence-corrected chi connectivity index (χ3v) is 3.69. The van der Waals surface area contributed by atoms with Crippen LogP contribution in [0, 0.1) is 12.7 Å². The van der Waals surface area contributed by atoms with E-state index in [-0.39, 0.29) is 17.7 Å². The lowest BCUT2D eigenvalue weighted by Crippen LogP contribution is -2.26. The van der Waals surface area contributed by atoms with Crippen molar-refractivity contribution in [2.24, 2.45) is 0 Å². The average Bonchev–Trinajstić information content (AvgIpc) is 2.54. The van der Waals surface area contributed by atoms with E-state index in [9.17, 15) is 9.18 Å². The fraction of sp³-hybridized carbons (Fsp3) is 0.278. The van der Waals surface area contributed by atoms with Gasteiger partial charge in [0.2, 0.25) is 0 Å². The molecule has 0 spiro atoms. The molecule has 4 nitrogen and oxygen atoms in total. The molecule has 0 fully saturated rings. The molecule has 0 aromatic heterocycles. The number of rotatable bonds is 5. The Morgan fingerprint density at radius 3 is 2.39 bits per heavy atom. The van der Waals surface area contributed by atoms with E-state index in [4.69, 9.17) is 9.47 Å². The van der Waals surface area contributed by atoms with Gasteiger partial charge in [-0.25, -0.2) is 4.39 Å². The number of aryl methyl sites for hydroxylation is 1. The molecular formula is C18H20FNO3. The predicted molar refractivity (Wildman–Crippen MR) is 86.6 cm³/mol. The van der Waals surface area contributed by atoms with Crippen molar-refractivity contribution >= 4 is 5.91 Å². The number of ether oxygens (including phenoxy) is 2. The van der Waals surface area contributed by atoms with Crippen molar-refractivity contribution in [2.45, 2.75) is 19.9 Å². The van der Waals surface area contributed by atoms with Gasteiger partial charge in [-0.2, -0.15) is 0 Å². The molecule has 122 valence electrons. The standard InChI is InChI=1S/C18H20FNO3/c1-11-5-6-14(10-17(11)23-4)18(21)20-12(2)13-7-8-16(22-3)15(19)9-13/h5-10,12H,1-4H3,(H,20,21). The molecule has 1 atom stereocenters. The molecule has 0 bridgehead atoms. The minimum atomic E-state index is -0.455. The monoisotopic (exact) mass is 317 g/mol. The molecule has 0 saturated carbocycles. The van der Waals surface area contributed by atoms with Gasteiger partial charge in [0.1, 0.15) is 5.75 Å². The van der Waals surface area contributed by atoms with Gasteiger partial charge in [0.25, 0.3) is 5.91 Å². The molecule has 0 aliphatic carbocycles. The minimum absolute atomic E-state index is 0.176. The number of hydrogen-bond donors (Lipinski definition) is 1. The number of nitrogens with one attached hydrogen (secondary N) is 1. The summed E-state index contributed by atoms with van der Waals surface area (Å²) in [5.41, 5.74) is 2.11. The number of benzene rings is 2. The average molecular weight is 317 g/mol. The molecule has 0 aliphatic heterocycles. The highest BCUT2D eigenvalue weighted by molar-refractivity contribution is 5.95. The van der Waals surface area contributed by atoms with Gasteiger partial charge in [0, 0.05) is 5.56 Å². The summed E-state index contributed by atoms with van der Waals surface area (Å²) >= 11 is 0. The first-order chi connectivity index (χ1) is 11.0. The van der Waals surface area contributed by atoms with Crippen LogP contribution in [0.4, 0.5) is 4.39 Å². The van der Waals surface area contributed by atoms with Gasteiger partial charge >= 0.3 is 0 Å². The lowest BCUT2D eigenvalue weighted by Gasteiger charge is -2.16. The second-order valence-electron chi connectivity index (χ2n) is 5.27. The van der Waals surface area contributed by atoms with Crippen LogP contribution in [0.2, 0.25) is 0 Å². The van der Waals surface area contributed by atoms with Crippen LogP contribution < -0.4 is 14.8 Å². The lowest BCUT2D eigenvalue weighted by atomic mass is 10.1. The van der Waals surface area contributed by atoms with Gasteiger partial charge in [0.05, 0.1) is 20.3 Å². The maximum Gasteiger partial charge on any atom is 0.251 e. The first-order valence-corrected chi connectivity index (χ1v) is 7.25. The zero-order chi connectivity index (χ0) is 17.0. The van der Waals surface area contributed by atoms with Crippen LogP contribution in [0.1, 0.15) is 34.5 Å². The summed E-state index contributed by atoms with van der Waals surface area (Å²) in [6.45, 7) is 3.70. The molecule has 5 heteroatoms. The maximum absolute atomic E-state index is 13.8. The second kappa shape index (κ2) is 7.13. The van der Waals surface area contributed by atoms with E-state index in [2.05, 4.69) is 5.32 Å². The normalized spacial score (nSPS) is 11.7. The van der Waals surface area contributed by atoms with Crippen molar-refractivity contribution in [1.82, 2.24) is 5.32 Å². The Morgan fingerprint density at radius 1 is 1.09 bits per heavy atom. The molecule has 2 aromatic rings. The van der Waals surface area contributed by atoms with E-state index in [0.717, 1.165) is 5.56 Å². The zero-order valence-electron chi connectivity index (χ0n) is 13.6. The van der Waals surface area contributed by atoms with Crippen molar-refractivity contribution < 1.29 is 18.7 Å². The van der Waals surface area contributed by atoms with Gasteiger partial charge in [-0.1, -0.05) is 12.1 Å². The SMILES string of the molecule is COc1cc(C(=O)NC(C)c2ccc(OC)c(F)c2)ccc1C. The largest absolute Gasteiger partial charge is 0.496 e. The summed E-state index contributed by atoms with van der Waals surface area (Å²) in [5, 5.41) is 2.85. The first-order valence-electron chi connectivity index (χ1n) is 7.25. The molecule has 23 heavy (non-hydrogen) atoms. The maximum atomic E-state index is 13.8. The molecule has 1 amide bonds. The first kappa shape index (κ1) is 16.8. The van der Waals surface area contributed by atoms with Gasteiger partial charge in [-0.3, -0.25) is 4.79 Å². The van der Waals surface area contributed by atoms with Crippen LogP contribution in [0.5, 0.6) is 11.5 Å². The lowest BCUT2D eigenvalue weighted by molar-refractivity contribution is 0.0939. The summed E-state index contributed by atoms with van der Waals surface area (Å²) in [5.74, 6) is 0.131. The van der Waals surface area contributed by atoms with E-state index in [1.807, 2.05) is 13.0 Å². The quantitative estimate of drug-likeness (QED) is 0.916. The Labute approximate surface area is 135 Å². The summed E-state index contributed by atoms with van der Waals surface area (Å²) < 4.78 is 23.9. The Bertz CT molecular complexity index is 715. The smallest absolute Gasteiger partial charge is 0.251 e. The van der Waals surface area contributed by atoms with E-state index in [0.29, 0.717) is 16.9 Å². The van der Waals surface area contributed by atoms with Gasteiger partial charge in [-0.15, -0.1) is 0 Å². The predicted octanol–water partition coefficient (Wildman–Crippen LogP) is 3.64. The van der Waals surface area contributed by atoms with Gasteiger partial charge in [-0.05, 0) is 49.2 Å². The van der Waals surface area contributed by atoms with E-state index in [1.54, 1.807) is 38.3 Å². The molecule has 0 saturated heterocycles. The van der Waals surface area contributed by atoms with Crippen molar-refractivity contribution in [3.63, 3.8) is 0 Å². The Morgan fingerprint density at radius 2 is 1.78 bits per heavy atom. The highest BCUT2D eigenvalue weighted by atomic mass is 19.1.